The molecule has 3 heterocycles. The van der Waals surface area contributed by atoms with E-state index in [-0.39, 0.29) is 130 Å². The molecule has 0 aromatic heterocycles. The minimum absolute atomic E-state index is 0.0255. The number of fused-ring (bicyclic) bond motifs is 2. The van der Waals surface area contributed by atoms with Crippen molar-refractivity contribution in [2.75, 3.05) is 80.6 Å². The molecule has 1 aromatic carbocycles. The molecule has 2 saturated heterocycles. The maximum Gasteiger partial charge on any atom is 0.253 e. The van der Waals surface area contributed by atoms with Crippen LogP contribution in [0.3, 0.4) is 0 Å². The normalized spacial score (nSPS) is 22.5. The zero-order valence-corrected chi connectivity index (χ0v) is 43.8. The van der Waals surface area contributed by atoms with Crippen LogP contribution in [-0.2, 0) is 63.7 Å². The largest absolute Gasteiger partial charge is 0.394 e. The van der Waals surface area contributed by atoms with Gasteiger partial charge in [0.05, 0.1) is 102 Å². The fourth-order valence-electron chi connectivity index (χ4n) is 11.0. The lowest BCUT2D eigenvalue weighted by molar-refractivity contribution is -0.149. The molecule has 1 saturated carbocycles. The molecular formula is C53H82N6O13. The highest BCUT2D eigenvalue weighted by atomic mass is 16.5. The Morgan fingerprint density at radius 3 is 2.10 bits per heavy atom. The number of likely N-dealkylation sites (N-methyl/N-ethyl adjacent to an activating group) is 1. The van der Waals surface area contributed by atoms with Crippen molar-refractivity contribution in [3.63, 3.8) is 0 Å². The van der Waals surface area contributed by atoms with E-state index in [0.29, 0.717) is 32.4 Å². The van der Waals surface area contributed by atoms with Crippen molar-refractivity contribution in [1.29, 1.82) is 0 Å². The Kier molecular flexibility index (Phi) is 23.1. The number of hydrogen-bond acceptors (Lipinski definition) is 13. The van der Waals surface area contributed by atoms with Crippen molar-refractivity contribution in [3.05, 3.63) is 48.0 Å². The van der Waals surface area contributed by atoms with Crippen LogP contribution in [0.15, 0.2) is 42.5 Å². The summed E-state index contributed by atoms with van der Waals surface area (Å²) in [5.74, 6) is -3.08. The first-order chi connectivity index (χ1) is 34.6. The standard InChI is InChI=1S/C53H82N6O13/c1-9-35(4)48(42(68-7)32-46(64)57-22-13-16-41(57)50(69-8)36(5)51(65)54-39(33-60)30-37-14-11-10-12-15-37)56(6)53(67)47(34(2)3)55-52(66)49-38-17-18-40(31-38)59(49)45(63)21-24-70-26-28-72-29-27-71-25-23-58-43(61)19-20-44(58)62/h10-12,14-15,19-20,34-36,38-42,47-50,60H,9,13,16-18,21-33H2,1-8H3,(H,54,65)(H,55,66)/t35-,36+,38-,39-,40+,41-,42+,47-,48-,49-,50+/m0/s1. The van der Waals surface area contributed by atoms with Gasteiger partial charge in [-0.25, -0.2) is 0 Å². The molecule has 11 atom stereocenters. The van der Waals surface area contributed by atoms with Gasteiger partial charge in [-0.1, -0.05) is 71.4 Å². The van der Waals surface area contributed by atoms with Crippen molar-refractivity contribution in [2.45, 2.75) is 141 Å². The number of methoxy groups -OCH3 is 2. The molecule has 72 heavy (non-hydrogen) atoms. The van der Waals surface area contributed by atoms with Crippen LogP contribution in [-0.4, -0.2) is 195 Å². The Morgan fingerprint density at radius 2 is 1.49 bits per heavy atom. The van der Waals surface area contributed by atoms with Crippen molar-refractivity contribution >= 4 is 41.4 Å². The molecule has 19 nitrogen and oxygen atoms in total. The van der Waals surface area contributed by atoms with Gasteiger partial charge in [0, 0.05) is 46.0 Å². The smallest absolute Gasteiger partial charge is 0.253 e. The summed E-state index contributed by atoms with van der Waals surface area (Å²) in [6.07, 6.45) is 6.05. The van der Waals surface area contributed by atoms with Gasteiger partial charge in [-0.2, -0.15) is 0 Å². The maximum atomic E-state index is 14.7. The van der Waals surface area contributed by atoms with Crippen LogP contribution in [0.2, 0.25) is 0 Å². The zero-order chi connectivity index (χ0) is 52.5. The van der Waals surface area contributed by atoms with E-state index in [1.54, 1.807) is 35.8 Å². The summed E-state index contributed by atoms with van der Waals surface area (Å²) < 4.78 is 28.8. The fraction of sp³-hybridized carbons (Fsp3) is 0.717. The molecule has 402 valence electrons. The van der Waals surface area contributed by atoms with Gasteiger partial charge in [-0.15, -0.1) is 0 Å². The van der Waals surface area contributed by atoms with Crippen LogP contribution in [0.4, 0.5) is 0 Å². The number of carbonyl (C=O) groups is 7. The van der Waals surface area contributed by atoms with Crippen LogP contribution < -0.4 is 10.6 Å². The molecule has 2 bridgehead atoms. The molecule has 4 aliphatic rings. The van der Waals surface area contributed by atoms with E-state index in [4.69, 9.17) is 23.7 Å². The maximum absolute atomic E-state index is 14.7. The lowest BCUT2D eigenvalue weighted by atomic mass is 9.89. The number of aliphatic hydroxyl groups is 1. The number of piperidine rings is 1. The molecule has 3 fully saturated rings. The Hall–Kier alpha value is -4.79. The molecule has 1 aromatic rings. The third-order valence-corrected chi connectivity index (χ3v) is 15.1. The third-order valence-electron chi connectivity index (χ3n) is 15.1. The van der Waals surface area contributed by atoms with Gasteiger partial charge in [0.2, 0.25) is 29.5 Å². The molecule has 19 heteroatoms. The van der Waals surface area contributed by atoms with E-state index in [2.05, 4.69) is 10.6 Å². The SMILES string of the molecule is CC[C@H](C)[C@@H]([C@@H](CC(=O)N1CCC[C@H]1[C@H](OC)[C@@H](C)C(=O)N[C@H](CO)Cc1ccccc1)OC)N(C)C(=O)[C@@H](NC(=O)[C@@H]1[C@H]2CC[C@H](C2)N1C(=O)CCOCCOCCOCCN1C(=O)C=CC1=O)C(C)C. The lowest BCUT2D eigenvalue weighted by Gasteiger charge is -2.41. The van der Waals surface area contributed by atoms with E-state index in [9.17, 15) is 38.7 Å². The van der Waals surface area contributed by atoms with Crippen LogP contribution >= 0.6 is 0 Å². The minimum Gasteiger partial charge on any atom is -0.394 e. The van der Waals surface area contributed by atoms with E-state index in [1.807, 2.05) is 58.0 Å². The second-order valence-electron chi connectivity index (χ2n) is 20.1. The van der Waals surface area contributed by atoms with Gasteiger partial charge in [0.15, 0.2) is 0 Å². The number of benzene rings is 1. The highest BCUT2D eigenvalue weighted by molar-refractivity contribution is 6.12. The average molecular weight is 1010 g/mol. The quantitative estimate of drug-likeness (QED) is 0.0720. The molecule has 1 aliphatic carbocycles. The average Bonchev–Trinajstić information content (AvgIpc) is 4.20. The van der Waals surface area contributed by atoms with Crippen LogP contribution in [0.5, 0.6) is 0 Å². The van der Waals surface area contributed by atoms with E-state index in [1.165, 1.54) is 19.3 Å². The van der Waals surface area contributed by atoms with Crippen molar-refractivity contribution in [1.82, 2.24) is 30.2 Å². The van der Waals surface area contributed by atoms with Gasteiger partial charge in [-0.3, -0.25) is 38.5 Å². The highest BCUT2D eigenvalue weighted by Crippen LogP contribution is 2.43. The van der Waals surface area contributed by atoms with Crippen molar-refractivity contribution in [2.24, 2.45) is 23.7 Å². The monoisotopic (exact) mass is 1010 g/mol. The van der Waals surface area contributed by atoms with E-state index >= 15 is 0 Å². The topological polar surface area (TPSA) is 223 Å². The second-order valence-corrected chi connectivity index (χ2v) is 20.1. The molecule has 7 amide bonds. The summed E-state index contributed by atoms with van der Waals surface area (Å²) in [6, 6.07) is 6.52. The number of nitrogens with one attached hydrogen (secondary N) is 2. The number of nitrogens with zero attached hydrogens (tertiary/aromatic N) is 4. The molecule has 0 radical (unpaired) electrons. The molecule has 3 N–H and O–H groups in total. The summed E-state index contributed by atoms with van der Waals surface area (Å²) in [5.41, 5.74) is 0.987. The lowest BCUT2D eigenvalue weighted by Crippen LogP contribution is -2.60. The fourth-order valence-corrected chi connectivity index (χ4v) is 11.0. The van der Waals surface area contributed by atoms with E-state index in [0.717, 1.165) is 36.1 Å². The number of amides is 7. The number of ether oxygens (including phenoxy) is 5. The summed E-state index contributed by atoms with van der Waals surface area (Å²) in [4.78, 5) is 100. The molecule has 3 aliphatic heterocycles. The van der Waals surface area contributed by atoms with Gasteiger partial charge >= 0.3 is 0 Å². The summed E-state index contributed by atoms with van der Waals surface area (Å²) in [6.45, 7) is 11.4. The second kappa shape index (κ2) is 28.6. The summed E-state index contributed by atoms with van der Waals surface area (Å²) in [7, 11) is 4.78. The predicted molar refractivity (Wildman–Crippen MR) is 267 cm³/mol. The molecule has 5 rings (SSSR count). The number of rotatable bonds is 31. The number of carbonyl (C=O) groups excluding carboxylic acids is 7. The number of aliphatic hydroxyl groups excluding tert-OH is 1. The van der Waals surface area contributed by atoms with Gasteiger partial charge in [-0.05, 0) is 61.8 Å². The van der Waals surface area contributed by atoms with Gasteiger partial charge < -0.3 is 54.1 Å². The van der Waals surface area contributed by atoms with Crippen LogP contribution in [0.1, 0.15) is 91.5 Å². The first-order valence-electron chi connectivity index (χ1n) is 26.0. The molecular weight excluding hydrogens is 929 g/mol. The van der Waals surface area contributed by atoms with Crippen molar-refractivity contribution in [3.8, 4) is 0 Å². The number of imide groups is 1. The van der Waals surface area contributed by atoms with Gasteiger partial charge in [0.1, 0.15) is 12.1 Å². The Bertz CT molecular complexity index is 1970. The Morgan fingerprint density at radius 1 is 0.833 bits per heavy atom. The predicted octanol–water partition coefficient (Wildman–Crippen LogP) is 2.51. The summed E-state index contributed by atoms with van der Waals surface area (Å²) >= 11 is 0. The Labute approximate surface area is 426 Å². The highest BCUT2D eigenvalue weighted by Gasteiger charge is 2.52. The van der Waals surface area contributed by atoms with E-state index < -0.39 is 42.3 Å². The molecule has 0 spiro atoms. The number of likely N-dealkylation sites (tertiary alicyclic amines) is 2. The third kappa shape index (κ3) is 15.2. The van der Waals surface area contributed by atoms with Gasteiger partial charge in [0.25, 0.3) is 11.8 Å². The first-order valence-corrected chi connectivity index (χ1v) is 26.0. The van der Waals surface area contributed by atoms with Crippen molar-refractivity contribution < 1.29 is 62.4 Å². The Balaban J connectivity index is 1.13. The number of hydrogen-bond donors (Lipinski definition) is 3. The molecule has 0 unspecified atom stereocenters. The minimum atomic E-state index is -0.918. The zero-order valence-electron chi connectivity index (χ0n) is 43.8. The summed E-state index contributed by atoms with van der Waals surface area (Å²) in [5, 5.41) is 16.2. The first kappa shape index (κ1) is 58.1. The van der Waals surface area contributed by atoms with Crippen LogP contribution in [0, 0.1) is 23.7 Å². The van der Waals surface area contributed by atoms with Crippen LogP contribution in [0.25, 0.3) is 0 Å².